The van der Waals surface area contributed by atoms with Crippen LogP contribution >= 0.6 is 0 Å². The summed E-state index contributed by atoms with van der Waals surface area (Å²) in [5.74, 6) is -1.77. The van der Waals surface area contributed by atoms with E-state index in [0.717, 1.165) is 10.6 Å². The molecule has 0 aromatic carbocycles. The fourth-order valence-electron chi connectivity index (χ4n) is 2.36. The molecule has 131 valence electrons. The highest BCUT2D eigenvalue weighted by Crippen LogP contribution is 2.18. The molecule has 1 aliphatic heterocycles. The van der Waals surface area contributed by atoms with E-state index in [0.29, 0.717) is 12.8 Å². The van der Waals surface area contributed by atoms with Crippen LogP contribution in [0, 0.1) is 12.3 Å². The van der Waals surface area contributed by atoms with Gasteiger partial charge in [0.1, 0.15) is 0 Å². The Morgan fingerprint density at radius 2 is 2.04 bits per heavy atom. The highest BCUT2D eigenvalue weighted by Gasteiger charge is 2.33. The number of nitrogens with zero attached hydrogens (tertiary/aromatic N) is 1. The van der Waals surface area contributed by atoms with E-state index in [9.17, 15) is 22.8 Å². The van der Waals surface area contributed by atoms with Crippen molar-refractivity contribution < 1.29 is 22.8 Å². The van der Waals surface area contributed by atoms with Crippen molar-refractivity contribution in [2.75, 3.05) is 12.8 Å². The Balaban J connectivity index is 2.63. The number of Topliss-reactive ketones (excluding diaryl/α,β-unsaturated/α-hetero) is 1. The molecule has 8 nitrogen and oxygen atoms in total. The van der Waals surface area contributed by atoms with Crippen molar-refractivity contribution in [3.63, 3.8) is 0 Å². The molecule has 9 heteroatoms. The third-order valence-corrected chi connectivity index (χ3v) is 5.29. The van der Waals surface area contributed by atoms with Crippen LogP contribution in [0.15, 0.2) is 0 Å². The van der Waals surface area contributed by atoms with Gasteiger partial charge in [0.2, 0.25) is 21.8 Å². The van der Waals surface area contributed by atoms with Gasteiger partial charge >= 0.3 is 0 Å². The van der Waals surface area contributed by atoms with Crippen molar-refractivity contribution >= 4 is 27.6 Å². The van der Waals surface area contributed by atoms with Crippen molar-refractivity contribution in [3.8, 4) is 0 Å². The normalized spacial score (nSPS) is 24.7. The average molecular weight is 346 g/mol. The number of primary amides is 1. The molecule has 1 fully saturated rings. The Bertz CT molecular complexity index is 575. The van der Waals surface area contributed by atoms with Crippen molar-refractivity contribution in [2.45, 2.75) is 45.2 Å². The lowest BCUT2D eigenvalue weighted by Crippen LogP contribution is -2.45. The van der Waals surface area contributed by atoms with E-state index in [4.69, 9.17) is 5.73 Å². The molecule has 3 atom stereocenters. The molecule has 0 aromatic rings. The summed E-state index contributed by atoms with van der Waals surface area (Å²) >= 11 is 0. The Morgan fingerprint density at radius 1 is 1.43 bits per heavy atom. The molecular weight excluding hydrogens is 322 g/mol. The van der Waals surface area contributed by atoms with Gasteiger partial charge in [0.05, 0.1) is 25.3 Å². The number of sulfonamides is 1. The van der Waals surface area contributed by atoms with Crippen LogP contribution in [-0.2, 0) is 24.4 Å². The maximum Gasteiger partial charge on any atom is 0.224 e. The lowest BCUT2D eigenvalue weighted by Gasteiger charge is -2.23. The van der Waals surface area contributed by atoms with Gasteiger partial charge in [-0.25, -0.2) is 8.42 Å². The minimum Gasteiger partial charge on any atom is -0.369 e. The predicted octanol–water partition coefficient (Wildman–Crippen LogP) is -0.800. The lowest BCUT2D eigenvalue weighted by atomic mass is 10.0. The summed E-state index contributed by atoms with van der Waals surface area (Å²) in [5.41, 5.74) is 5.11. The van der Waals surface area contributed by atoms with Gasteiger partial charge in [-0.05, 0) is 26.2 Å². The molecule has 0 aromatic heterocycles. The van der Waals surface area contributed by atoms with Crippen LogP contribution in [-0.4, -0.2) is 55.2 Å². The first-order chi connectivity index (χ1) is 10.5. The molecule has 1 radical (unpaired) electrons. The fraction of sp³-hybridized carbons (Fsp3) is 0.714. The zero-order valence-corrected chi connectivity index (χ0v) is 14.4. The van der Waals surface area contributed by atoms with Gasteiger partial charge in [0, 0.05) is 12.0 Å². The van der Waals surface area contributed by atoms with E-state index < -0.39 is 33.8 Å². The molecular formula is C14H24N3O5S. The van der Waals surface area contributed by atoms with Gasteiger partial charge in [0.15, 0.2) is 5.78 Å². The molecule has 1 aliphatic rings. The van der Waals surface area contributed by atoms with Crippen molar-refractivity contribution in [1.29, 1.82) is 0 Å². The number of nitrogens with two attached hydrogens (primary N) is 1. The van der Waals surface area contributed by atoms with Gasteiger partial charge < -0.3 is 11.1 Å². The Labute approximate surface area is 136 Å². The first kappa shape index (κ1) is 19.6. The van der Waals surface area contributed by atoms with E-state index in [1.54, 1.807) is 13.8 Å². The standard InChI is InChI=1S/C14H24N3O5S/c1-9(14(15)20)4-7-13(19)16-11-6-5-10(2)17(8-12(11)18)23(3,21)22/h7,9-11H,4-6,8H2,1-3H3,(H2,15,20)(H,16,19)/t9-,10+,11-/m0/s1. The first-order valence-corrected chi connectivity index (χ1v) is 9.29. The predicted molar refractivity (Wildman–Crippen MR) is 84.5 cm³/mol. The second-order valence-electron chi connectivity index (χ2n) is 6.01. The maximum absolute atomic E-state index is 12.2. The quantitative estimate of drug-likeness (QED) is 0.651. The minimum absolute atomic E-state index is 0.188. The highest BCUT2D eigenvalue weighted by molar-refractivity contribution is 7.88. The molecule has 1 saturated heterocycles. The Morgan fingerprint density at radius 3 is 2.57 bits per heavy atom. The summed E-state index contributed by atoms with van der Waals surface area (Å²) in [5, 5.41) is 2.58. The smallest absolute Gasteiger partial charge is 0.224 e. The van der Waals surface area contributed by atoms with Crippen molar-refractivity contribution in [3.05, 3.63) is 6.42 Å². The van der Waals surface area contributed by atoms with E-state index in [1.165, 1.54) is 6.42 Å². The van der Waals surface area contributed by atoms with Crippen molar-refractivity contribution in [2.24, 2.45) is 11.7 Å². The minimum atomic E-state index is -3.47. The number of rotatable bonds is 6. The molecule has 1 heterocycles. The number of hydrogen-bond acceptors (Lipinski definition) is 5. The summed E-state index contributed by atoms with van der Waals surface area (Å²) in [6.07, 6.45) is 3.38. The second kappa shape index (κ2) is 7.87. The van der Waals surface area contributed by atoms with E-state index in [1.807, 2.05) is 0 Å². The molecule has 0 spiro atoms. The molecule has 1 rings (SSSR count). The fourth-order valence-corrected chi connectivity index (χ4v) is 3.48. The number of amides is 2. The first-order valence-electron chi connectivity index (χ1n) is 7.45. The molecule has 0 aliphatic carbocycles. The van der Waals surface area contributed by atoms with Crippen LogP contribution in [0.1, 0.15) is 33.1 Å². The SMILES string of the molecule is C[C@@H]1CC[C@H](NC(=O)[CH]C[C@H](C)C(N)=O)C(=O)CN1S(C)(=O)=O. The van der Waals surface area contributed by atoms with Crippen molar-refractivity contribution in [1.82, 2.24) is 9.62 Å². The zero-order valence-electron chi connectivity index (χ0n) is 13.6. The van der Waals surface area contributed by atoms with E-state index in [2.05, 4.69) is 5.32 Å². The van der Waals surface area contributed by atoms with Gasteiger partial charge in [-0.2, -0.15) is 4.31 Å². The molecule has 23 heavy (non-hydrogen) atoms. The summed E-state index contributed by atoms with van der Waals surface area (Å²) in [6.45, 7) is 3.09. The van der Waals surface area contributed by atoms with Crippen LogP contribution < -0.4 is 11.1 Å². The maximum atomic E-state index is 12.2. The summed E-state index contributed by atoms with van der Waals surface area (Å²) < 4.78 is 24.6. The summed E-state index contributed by atoms with van der Waals surface area (Å²) in [6, 6.07) is -1.02. The largest absolute Gasteiger partial charge is 0.369 e. The molecule has 0 unspecified atom stereocenters. The molecule has 0 bridgehead atoms. The Kier molecular flexibility index (Phi) is 6.69. The number of carbonyl (C=O) groups is 3. The van der Waals surface area contributed by atoms with Gasteiger partial charge in [-0.3, -0.25) is 14.4 Å². The molecule has 3 N–H and O–H groups in total. The van der Waals surface area contributed by atoms with Crippen LogP contribution in [0.5, 0.6) is 0 Å². The Hall–Kier alpha value is -1.48. The average Bonchev–Trinajstić information content (AvgIpc) is 2.57. The van der Waals surface area contributed by atoms with Gasteiger partial charge in [-0.15, -0.1) is 0 Å². The molecule has 0 saturated carbocycles. The van der Waals surface area contributed by atoms with Gasteiger partial charge in [-0.1, -0.05) is 6.92 Å². The van der Waals surface area contributed by atoms with Gasteiger partial charge in [0.25, 0.3) is 0 Å². The number of ketones is 1. The lowest BCUT2D eigenvalue weighted by molar-refractivity contribution is -0.126. The number of carbonyl (C=O) groups excluding carboxylic acids is 3. The summed E-state index contributed by atoms with van der Waals surface area (Å²) in [7, 11) is -3.47. The zero-order chi connectivity index (χ0) is 17.8. The number of nitrogens with one attached hydrogen (secondary N) is 1. The third kappa shape index (κ3) is 5.91. The topological polar surface area (TPSA) is 127 Å². The van der Waals surface area contributed by atoms with Crippen LogP contribution in [0.25, 0.3) is 0 Å². The van der Waals surface area contributed by atoms with Crippen LogP contribution in [0.2, 0.25) is 0 Å². The van der Waals surface area contributed by atoms with E-state index >= 15 is 0 Å². The van der Waals surface area contributed by atoms with E-state index in [-0.39, 0.29) is 24.8 Å². The third-order valence-electron chi connectivity index (χ3n) is 3.95. The second-order valence-corrected chi connectivity index (χ2v) is 7.94. The molecule has 2 amide bonds. The summed E-state index contributed by atoms with van der Waals surface area (Å²) in [4.78, 5) is 35.0. The highest BCUT2D eigenvalue weighted by atomic mass is 32.2. The van der Waals surface area contributed by atoms with Crippen LogP contribution in [0.3, 0.4) is 0 Å². The monoisotopic (exact) mass is 346 g/mol. The van der Waals surface area contributed by atoms with Crippen LogP contribution in [0.4, 0.5) is 0 Å². The number of hydrogen-bond donors (Lipinski definition) is 2.